The average molecular weight is 343 g/mol. The van der Waals surface area contributed by atoms with E-state index in [1.54, 1.807) is 24.3 Å². The molecule has 0 aliphatic heterocycles. The van der Waals surface area contributed by atoms with Gasteiger partial charge in [-0.05, 0) is 31.2 Å². The van der Waals surface area contributed by atoms with Gasteiger partial charge in [-0.25, -0.2) is 0 Å². The molecular formula is C17H11ClN2O4. The van der Waals surface area contributed by atoms with Crippen molar-refractivity contribution in [2.45, 2.75) is 6.92 Å². The molecule has 0 unspecified atom stereocenters. The van der Waals surface area contributed by atoms with Crippen molar-refractivity contribution in [1.29, 1.82) is 0 Å². The highest BCUT2D eigenvalue weighted by Crippen LogP contribution is 2.33. The lowest BCUT2D eigenvalue weighted by Crippen LogP contribution is -2.23. The summed E-state index contributed by atoms with van der Waals surface area (Å²) in [5.74, 6) is -1.89. The minimum atomic E-state index is -1.05. The third-order valence-corrected chi connectivity index (χ3v) is 3.99. The van der Waals surface area contributed by atoms with Crippen LogP contribution in [0.4, 0.5) is 11.4 Å². The number of halogens is 1. The van der Waals surface area contributed by atoms with Crippen LogP contribution in [0.3, 0.4) is 0 Å². The van der Waals surface area contributed by atoms with Crippen LogP contribution in [-0.2, 0) is 4.79 Å². The topological polar surface area (TPSA) is 89.6 Å². The van der Waals surface area contributed by atoms with E-state index in [-0.39, 0.29) is 17.0 Å². The van der Waals surface area contributed by atoms with Crippen LogP contribution in [0.5, 0.6) is 0 Å². The van der Waals surface area contributed by atoms with Crippen LogP contribution in [0.1, 0.15) is 22.8 Å². The Balaban J connectivity index is 2.19. The first-order valence-corrected chi connectivity index (χ1v) is 7.44. The molecule has 0 N–H and O–H groups in total. The second-order valence-electron chi connectivity index (χ2n) is 5.37. The van der Waals surface area contributed by atoms with Gasteiger partial charge < -0.3 is 0 Å². The molecule has 0 amide bonds. The molecule has 2 aromatic carbocycles. The van der Waals surface area contributed by atoms with Crippen molar-refractivity contribution in [3.8, 4) is 0 Å². The smallest absolute Gasteiger partial charge is 0.270 e. The molecule has 0 radical (unpaired) electrons. The number of non-ortho nitro benzene ring substituents is 1. The first kappa shape index (κ1) is 16.0. The van der Waals surface area contributed by atoms with Crippen LogP contribution in [0.15, 0.2) is 47.5 Å². The Labute approximate surface area is 141 Å². The van der Waals surface area contributed by atoms with Gasteiger partial charge in [0.15, 0.2) is 5.78 Å². The number of hydrogen-bond donors (Lipinski definition) is 0. The van der Waals surface area contributed by atoms with E-state index in [9.17, 15) is 19.7 Å². The zero-order valence-electron chi connectivity index (χ0n) is 12.5. The van der Waals surface area contributed by atoms with Gasteiger partial charge in [0.05, 0.1) is 16.3 Å². The molecular weight excluding hydrogens is 332 g/mol. The quantitative estimate of drug-likeness (QED) is 0.482. The summed E-state index contributed by atoms with van der Waals surface area (Å²) >= 11 is 5.94. The number of nitro groups is 1. The molecule has 120 valence electrons. The predicted molar refractivity (Wildman–Crippen MR) is 89.2 cm³/mol. The molecule has 3 rings (SSSR count). The SMILES string of the molecule is CC(=O)[C@H]1C(=O)c2cc([N+](=O)[O-])ccc2C1=Nc1cccc(Cl)c1. The number of benzene rings is 2. The normalized spacial score (nSPS) is 17.8. The monoisotopic (exact) mass is 342 g/mol. The molecule has 1 aliphatic rings. The first-order valence-electron chi connectivity index (χ1n) is 7.06. The van der Waals surface area contributed by atoms with E-state index in [2.05, 4.69) is 4.99 Å². The maximum absolute atomic E-state index is 12.5. The molecule has 1 atom stereocenters. The Kier molecular flexibility index (Phi) is 3.99. The van der Waals surface area contributed by atoms with Crippen molar-refractivity contribution in [3.63, 3.8) is 0 Å². The van der Waals surface area contributed by atoms with E-state index in [4.69, 9.17) is 11.6 Å². The van der Waals surface area contributed by atoms with E-state index in [0.29, 0.717) is 22.0 Å². The van der Waals surface area contributed by atoms with Gasteiger partial charge >= 0.3 is 0 Å². The number of fused-ring (bicyclic) bond motifs is 1. The summed E-state index contributed by atoms with van der Waals surface area (Å²) < 4.78 is 0. The third-order valence-electron chi connectivity index (χ3n) is 3.76. The lowest BCUT2D eigenvalue weighted by molar-refractivity contribution is -0.384. The number of nitrogens with zero attached hydrogens (tertiary/aromatic N) is 2. The molecule has 0 bridgehead atoms. The Morgan fingerprint density at radius 1 is 1.21 bits per heavy atom. The minimum absolute atomic E-state index is 0.144. The van der Waals surface area contributed by atoms with Crippen LogP contribution in [0.2, 0.25) is 5.02 Å². The average Bonchev–Trinajstić information content (AvgIpc) is 2.79. The first-order chi connectivity index (χ1) is 11.4. The molecule has 0 aromatic heterocycles. The van der Waals surface area contributed by atoms with Crippen molar-refractivity contribution in [1.82, 2.24) is 0 Å². The summed E-state index contributed by atoms with van der Waals surface area (Å²) in [4.78, 5) is 39.2. The zero-order valence-corrected chi connectivity index (χ0v) is 13.3. The largest absolute Gasteiger partial charge is 0.299 e. The molecule has 0 spiro atoms. The number of carbonyl (C=O) groups is 2. The van der Waals surface area contributed by atoms with E-state index < -0.39 is 16.6 Å². The van der Waals surface area contributed by atoms with Gasteiger partial charge in [-0.2, -0.15) is 0 Å². The van der Waals surface area contributed by atoms with Crippen molar-refractivity contribution in [3.05, 3.63) is 68.7 Å². The lowest BCUT2D eigenvalue weighted by atomic mass is 9.99. The van der Waals surface area contributed by atoms with Crippen LogP contribution < -0.4 is 0 Å². The number of hydrogen-bond acceptors (Lipinski definition) is 5. The Bertz CT molecular complexity index is 921. The molecule has 7 heteroatoms. The van der Waals surface area contributed by atoms with Gasteiger partial charge in [-0.15, -0.1) is 0 Å². The van der Waals surface area contributed by atoms with Gasteiger partial charge in [0.2, 0.25) is 0 Å². The number of rotatable bonds is 3. The van der Waals surface area contributed by atoms with Crippen LogP contribution in [-0.4, -0.2) is 22.2 Å². The van der Waals surface area contributed by atoms with Gasteiger partial charge in [-0.1, -0.05) is 17.7 Å². The summed E-state index contributed by atoms with van der Waals surface area (Å²) in [7, 11) is 0. The highest BCUT2D eigenvalue weighted by atomic mass is 35.5. The molecule has 0 heterocycles. The van der Waals surface area contributed by atoms with E-state index >= 15 is 0 Å². The molecule has 6 nitrogen and oxygen atoms in total. The molecule has 1 aliphatic carbocycles. The van der Waals surface area contributed by atoms with Gasteiger partial charge in [-0.3, -0.25) is 24.7 Å². The van der Waals surface area contributed by atoms with E-state index in [1.165, 1.54) is 25.1 Å². The minimum Gasteiger partial charge on any atom is -0.299 e. The van der Waals surface area contributed by atoms with Crippen molar-refractivity contribution in [2.75, 3.05) is 0 Å². The maximum atomic E-state index is 12.5. The number of carbonyl (C=O) groups excluding carboxylic acids is 2. The van der Waals surface area contributed by atoms with Gasteiger partial charge in [0.1, 0.15) is 11.7 Å². The van der Waals surface area contributed by atoms with Crippen LogP contribution >= 0.6 is 11.6 Å². The fraction of sp³-hybridized carbons (Fsp3) is 0.118. The zero-order chi connectivity index (χ0) is 17.4. The highest BCUT2D eigenvalue weighted by Gasteiger charge is 2.40. The molecule has 2 aromatic rings. The second-order valence-corrected chi connectivity index (χ2v) is 5.81. The van der Waals surface area contributed by atoms with E-state index in [0.717, 1.165) is 0 Å². The lowest BCUT2D eigenvalue weighted by Gasteiger charge is -2.06. The van der Waals surface area contributed by atoms with Gasteiger partial charge in [0.25, 0.3) is 5.69 Å². The molecule has 0 saturated heterocycles. The number of ketones is 2. The standard InChI is InChI=1S/C17H11ClN2O4/c1-9(21)15-16(19-11-4-2-3-10(18)7-11)13-6-5-12(20(23)24)8-14(13)17(15)22/h2-8,15H,1H3/t15-/m1/s1. The molecule has 24 heavy (non-hydrogen) atoms. The molecule has 0 fully saturated rings. The summed E-state index contributed by atoms with van der Waals surface area (Å²) in [6, 6.07) is 10.6. The summed E-state index contributed by atoms with van der Waals surface area (Å²) in [5, 5.41) is 11.4. The Morgan fingerprint density at radius 2 is 1.96 bits per heavy atom. The predicted octanol–water partition coefficient (Wildman–Crippen LogP) is 3.77. The maximum Gasteiger partial charge on any atom is 0.270 e. The Hall–Kier alpha value is -2.86. The summed E-state index contributed by atoms with van der Waals surface area (Å²) in [5.41, 5.74) is 1.17. The molecule has 0 saturated carbocycles. The highest BCUT2D eigenvalue weighted by molar-refractivity contribution is 6.37. The Morgan fingerprint density at radius 3 is 2.58 bits per heavy atom. The van der Waals surface area contributed by atoms with Gasteiger partial charge in [0, 0.05) is 28.3 Å². The van der Waals surface area contributed by atoms with Crippen LogP contribution in [0.25, 0.3) is 0 Å². The van der Waals surface area contributed by atoms with Crippen molar-refractivity contribution < 1.29 is 14.5 Å². The fourth-order valence-corrected chi connectivity index (χ4v) is 2.88. The number of Topliss-reactive ketones (excluding diaryl/α,β-unsaturated/α-hetero) is 2. The summed E-state index contributed by atoms with van der Waals surface area (Å²) in [6.07, 6.45) is 0. The fourth-order valence-electron chi connectivity index (χ4n) is 2.69. The van der Waals surface area contributed by atoms with Crippen molar-refractivity contribution in [2.24, 2.45) is 10.9 Å². The second kappa shape index (κ2) is 5.98. The van der Waals surface area contributed by atoms with Crippen molar-refractivity contribution >= 4 is 40.3 Å². The number of aliphatic imine (C=N–C) groups is 1. The summed E-state index contributed by atoms with van der Waals surface area (Å²) in [6.45, 7) is 1.30. The van der Waals surface area contributed by atoms with E-state index in [1.807, 2.05) is 0 Å². The third kappa shape index (κ3) is 2.72. The number of nitro benzene ring substituents is 1. The van der Waals surface area contributed by atoms with Crippen LogP contribution in [0, 0.1) is 16.0 Å².